The molecule has 1 unspecified atom stereocenters. The fraction of sp³-hybridized carbons (Fsp3) is 0.400. The Hall–Kier alpha value is -0.320. The Morgan fingerprint density at radius 3 is 2.80 bits per heavy atom. The van der Waals surface area contributed by atoms with Crippen molar-refractivity contribution >= 4 is 23.2 Å². The van der Waals surface area contributed by atoms with Gasteiger partial charge in [-0.2, -0.15) is 0 Å². The minimum atomic E-state index is 0.0333. The highest BCUT2D eigenvalue weighted by Gasteiger charge is 2.11. The van der Waals surface area contributed by atoms with E-state index in [1.165, 1.54) is 0 Å². The summed E-state index contributed by atoms with van der Waals surface area (Å²) >= 11 is 12.0. The monoisotopic (exact) mass is 248 g/mol. The maximum absolute atomic E-state index is 6.05. The molecule has 1 aromatic carbocycles. The number of nitrogens with one attached hydrogen (secondary N) is 1. The molecule has 0 spiro atoms. The van der Waals surface area contributed by atoms with Crippen molar-refractivity contribution in [2.45, 2.75) is 12.5 Å². The van der Waals surface area contributed by atoms with Crippen molar-refractivity contribution in [2.75, 3.05) is 13.7 Å². The van der Waals surface area contributed by atoms with Crippen molar-refractivity contribution in [1.82, 2.24) is 5.43 Å². The highest BCUT2D eigenvalue weighted by atomic mass is 35.5. The third kappa shape index (κ3) is 3.63. The van der Waals surface area contributed by atoms with Crippen molar-refractivity contribution in [2.24, 2.45) is 5.84 Å². The van der Waals surface area contributed by atoms with Gasteiger partial charge in [0.05, 0.1) is 16.7 Å². The van der Waals surface area contributed by atoms with Crippen molar-refractivity contribution < 1.29 is 4.74 Å². The first-order chi connectivity index (χ1) is 7.19. The molecule has 0 aliphatic carbocycles. The van der Waals surface area contributed by atoms with Gasteiger partial charge in [0, 0.05) is 13.2 Å². The lowest BCUT2D eigenvalue weighted by Gasteiger charge is -2.15. The van der Waals surface area contributed by atoms with Gasteiger partial charge in [-0.25, -0.2) is 0 Å². The number of ether oxygens (including phenoxy) is 1. The van der Waals surface area contributed by atoms with E-state index in [1.807, 2.05) is 12.1 Å². The van der Waals surface area contributed by atoms with E-state index in [0.29, 0.717) is 23.1 Å². The Kier molecular flexibility index (Phi) is 5.36. The minimum Gasteiger partial charge on any atom is -0.383 e. The summed E-state index contributed by atoms with van der Waals surface area (Å²) in [4.78, 5) is 0. The highest BCUT2D eigenvalue weighted by molar-refractivity contribution is 6.42. The van der Waals surface area contributed by atoms with Gasteiger partial charge in [0.2, 0.25) is 0 Å². The largest absolute Gasteiger partial charge is 0.383 e. The van der Waals surface area contributed by atoms with Gasteiger partial charge in [-0.15, -0.1) is 0 Å². The van der Waals surface area contributed by atoms with Crippen LogP contribution in [0.1, 0.15) is 5.56 Å². The highest BCUT2D eigenvalue weighted by Crippen LogP contribution is 2.26. The van der Waals surface area contributed by atoms with Gasteiger partial charge in [-0.1, -0.05) is 35.3 Å². The zero-order valence-corrected chi connectivity index (χ0v) is 9.98. The number of halogens is 2. The van der Waals surface area contributed by atoms with Crippen LogP contribution in [0.15, 0.2) is 18.2 Å². The van der Waals surface area contributed by atoms with Gasteiger partial charge in [-0.3, -0.25) is 11.3 Å². The molecule has 1 aromatic rings. The molecule has 0 radical (unpaired) electrons. The predicted octanol–water partition coefficient (Wildman–Crippen LogP) is 2.01. The molecule has 3 nitrogen and oxygen atoms in total. The molecule has 0 amide bonds. The molecule has 0 aliphatic heterocycles. The van der Waals surface area contributed by atoms with Crippen LogP contribution in [0.3, 0.4) is 0 Å². The normalized spacial score (nSPS) is 12.8. The molecule has 0 fully saturated rings. The fourth-order valence-corrected chi connectivity index (χ4v) is 1.74. The molecule has 0 saturated heterocycles. The molecule has 1 rings (SSSR count). The molecule has 1 atom stereocenters. The molecule has 5 heteroatoms. The number of rotatable bonds is 5. The van der Waals surface area contributed by atoms with Gasteiger partial charge < -0.3 is 4.74 Å². The van der Waals surface area contributed by atoms with Crippen molar-refractivity contribution in [1.29, 1.82) is 0 Å². The van der Waals surface area contributed by atoms with E-state index < -0.39 is 0 Å². The zero-order valence-electron chi connectivity index (χ0n) is 8.47. The Morgan fingerprint density at radius 1 is 1.47 bits per heavy atom. The van der Waals surface area contributed by atoms with Gasteiger partial charge in [0.15, 0.2) is 0 Å². The van der Waals surface area contributed by atoms with E-state index >= 15 is 0 Å². The van der Waals surface area contributed by atoms with E-state index in [1.54, 1.807) is 13.2 Å². The average molecular weight is 249 g/mol. The lowest BCUT2D eigenvalue weighted by atomic mass is 10.1. The van der Waals surface area contributed by atoms with E-state index in [0.717, 1.165) is 5.56 Å². The van der Waals surface area contributed by atoms with Crippen LogP contribution in [-0.2, 0) is 11.2 Å². The predicted molar refractivity (Wildman–Crippen MR) is 63.2 cm³/mol. The van der Waals surface area contributed by atoms with Gasteiger partial charge in [0.25, 0.3) is 0 Å². The summed E-state index contributed by atoms with van der Waals surface area (Å²) in [5.41, 5.74) is 3.63. The first kappa shape index (κ1) is 12.7. The fourth-order valence-electron chi connectivity index (χ4n) is 1.34. The van der Waals surface area contributed by atoms with E-state index in [9.17, 15) is 0 Å². The Morgan fingerprint density at radius 2 is 2.20 bits per heavy atom. The van der Waals surface area contributed by atoms with Crippen LogP contribution in [0.25, 0.3) is 0 Å². The van der Waals surface area contributed by atoms with Gasteiger partial charge in [0.1, 0.15) is 0 Å². The maximum Gasteiger partial charge on any atom is 0.0632 e. The molecule has 3 N–H and O–H groups in total. The SMILES string of the molecule is COCC(Cc1cccc(Cl)c1Cl)NN. The minimum absolute atomic E-state index is 0.0333. The van der Waals surface area contributed by atoms with Crippen LogP contribution in [0.4, 0.5) is 0 Å². The van der Waals surface area contributed by atoms with Crippen LogP contribution in [0.2, 0.25) is 10.0 Å². The Balaban J connectivity index is 2.74. The quantitative estimate of drug-likeness (QED) is 0.620. The standard InChI is InChI=1S/C10H14Cl2N2O/c1-15-6-8(14-13)5-7-3-2-4-9(11)10(7)12/h2-4,8,14H,5-6,13H2,1H3. The second-order valence-electron chi connectivity index (χ2n) is 3.24. The lowest BCUT2D eigenvalue weighted by Crippen LogP contribution is -2.40. The van der Waals surface area contributed by atoms with Crippen LogP contribution in [0, 0.1) is 0 Å². The summed E-state index contributed by atoms with van der Waals surface area (Å²) < 4.78 is 5.02. The number of methoxy groups -OCH3 is 1. The van der Waals surface area contributed by atoms with Gasteiger partial charge in [-0.05, 0) is 18.1 Å². The smallest absolute Gasteiger partial charge is 0.0632 e. The molecule has 84 valence electrons. The number of benzene rings is 1. The summed E-state index contributed by atoms with van der Waals surface area (Å²) in [5.74, 6) is 5.39. The van der Waals surface area contributed by atoms with Crippen LogP contribution >= 0.6 is 23.2 Å². The zero-order chi connectivity index (χ0) is 11.3. The van der Waals surface area contributed by atoms with Crippen LogP contribution < -0.4 is 11.3 Å². The molecule has 0 saturated carbocycles. The molecule has 15 heavy (non-hydrogen) atoms. The Labute approximate surface area is 99.5 Å². The second kappa shape index (κ2) is 6.30. The van der Waals surface area contributed by atoms with Crippen molar-refractivity contribution in [3.63, 3.8) is 0 Å². The molecule has 0 aliphatic rings. The topological polar surface area (TPSA) is 47.3 Å². The maximum atomic E-state index is 6.05. The third-order valence-electron chi connectivity index (χ3n) is 2.10. The average Bonchev–Trinajstić information content (AvgIpc) is 2.24. The number of nitrogens with two attached hydrogens (primary N) is 1. The van der Waals surface area contributed by atoms with Crippen molar-refractivity contribution in [3.8, 4) is 0 Å². The summed E-state index contributed by atoms with van der Waals surface area (Å²) in [6.07, 6.45) is 0.684. The van der Waals surface area contributed by atoms with E-state index in [-0.39, 0.29) is 6.04 Å². The van der Waals surface area contributed by atoms with E-state index in [4.69, 9.17) is 33.8 Å². The number of hydrazine groups is 1. The number of hydrogen-bond acceptors (Lipinski definition) is 3. The molecular weight excluding hydrogens is 235 g/mol. The lowest BCUT2D eigenvalue weighted by molar-refractivity contribution is 0.166. The van der Waals surface area contributed by atoms with Crippen molar-refractivity contribution in [3.05, 3.63) is 33.8 Å². The Bertz CT molecular complexity index is 320. The second-order valence-corrected chi connectivity index (χ2v) is 4.02. The molecular formula is C10H14Cl2N2O. The summed E-state index contributed by atoms with van der Waals surface area (Å²) in [6.45, 7) is 0.527. The van der Waals surface area contributed by atoms with E-state index in [2.05, 4.69) is 5.43 Å². The summed E-state index contributed by atoms with van der Waals surface area (Å²) in [7, 11) is 1.63. The molecule has 0 heterocycles. The van der Waals surface area contributed by atoms with Crippen LogP contribution in [-0.4, -0.2) is 19.8 Å². The molecule has 0 aromatic heterocycles. The van der Waals surface area contributed by atoms with Crippen LogP contribution in [0.5, 0.6) is 0 Å². The first-order valence-corrected chi connectivity index (χ1v) is 5.32. The number of hydrogen-bond donors (Lipinski definition) is 2. The summed E-state index contributed by atoms with van der Waals surface area (Å²) in [5, 5.41) is 1.14. The van der Waals surface area contributed by atoms with Gasteiger partial charge >= 0.3 is 0 Å². The molecule has 0 bridgehead atoms. The summed E-state index contributed by atoms with van der Waals surface area (Å²) in [6, 6.07) is 5.58. The first-order valence-electron chi connectivity index (χ1n) is 4.57. The third-order valence-corrected chi connectivity index (χ3v) is 2.96.